The molecule has 1 aliphatic heterocycles. The van der Waals surface area contributed by atoms with E-state index in [1.807, 2.05) is 24.3 Å². The summed E-state index contributed by atoms with van der Waals surface area (Å²) in [4.78, 5) is 10.5. The van der Waals surface area contributed by atoms with E-state index in [0.717, 1.165) is 17.4 Å². The van der Waals surface area contributed by atoms with Gasteiger partial charge in [0.05, 0.1) is 5.60 Å². The van der Waals surface area contributed by atoms with Crippen molar-refractivity contribution in [3.05, 3.63) is 29.8 Å². The summed E-state index contributed by atoms with van der Waals surface area (Å²) in [5.74, 6) is -0.745. The number of carboxylic acids is 1. The van der Waals surface area contributed by atoms with E-state index in [-0.39, 0.29) is 24.6 Å². The van der Waals surface area contributed by atoms with Crippen molar-refractivity contribution in [2.45, 2.75) is 52.6 Å². The van der Waals surface area contributed by atoms with E-state index in [0.29, 0.717) is 13.0 Å². The zero-order chi connectivity index (χ0) is 16.4. The fraction of sp³-hybridized carbons (Fsp3) is 0.588. The van der Waals surface area contributed by atoms with Crippen molar-refractivity contribution in [1.29, 1.82) is 0 Å². The predicted molar refractivity (Wildman–Crippen MR) is 87.3 cm³/mol. The number of carboxylic acid groups (broad SMARTS) is 1. The zero-order valence-electron chi connectivity index (χ0n) is 13.9. The van der Waals surface area contributed by atoms with E-state index in [9.17, 15) is 4.79 Å². The van der Waals surface area contributed by atoms with Gasteiger partial charge in [-0.1, -0.05) is 38.1 Å². The van der Waals surface area contributed by atoms with Crippen LogP contribution < -0.4 is 5.46 Å². The van der Waals surface area contributed by atoms with Gasteiger partial charge in [0, 0.05) is 18.4 Å². The Labute approximate surface area is 133 Å². The first-order valence-corrected chi connectivity index (χ1v) is 7.81. The van der Waals surface area contributed by atoms with Gasteiger partial charge >= 0.3 is 13.1 Å². The Morgan fingerprint density at radius 2 is 1.86 bits per heavy atom. The molecule has 1 aromatic rings. The van der Waals surface area contributed by atoms with Crippen molar-refractivity contribution in [1.82, 2.24) is 0 Å². The average molecular weight is 304 g/mol. The molecule has 1 N–H and O–H groups in total. The summed E-state index contributed by atoms with van der Waals surface area (Å²) < 4.78 is 12.0. The van der Waals surface area contributed by atoms with Crippen LogP contribution in [-0.4, -0.2) is 30.4 Å². The van der Waals surface area contributed by atoms with Gasteiger partial charge in [-0.05, 0) is 37.7 Å². The van der Waals surface area contributed by atoms with Crippen LogP contribution in [0.3, 0.4) is 0 Å². The van der Waals surface area contributed by atoms with Crippen LogP contribution in [0.25, 0.3) is 0 Å². The standard InChI is InChI=1S/C17H25BO4/c1-16(2)12-21-18(22-17(16,3)4)14-10-8-13(9-11-14)6-5-7-15(19)20/h8-11H,5-7,12H2,1-4H3,(H,19,20). The maximum Gasteiger partial charge on any atom is 0.494 e. The molecular formula is C17H25BO4. The van der Waals surface area contributed by atoms with Crippen LogP contribution in [0.2, 0.25) is 0 Å². The van der Waals surface area contributed by atoms with Gasteiger partial charge in [0.25, 0.3) is 0 Å². The summed E-state index contributed by atoms with van der Waals surface area (Å²) in [5.41, 5.74) is 1.86. The SMILES string of the molecule is CC1(C)COB(c2ccc(CCCC(=O)O)cc2)OC1(C)C. The van der Waals surface area contributed by atoms with E-state index in [1.165, 1.54) is 0 Å². The molecule has 0 bridgehead atoms. The second-order valence-corrected chi connectivity index (χ2v) is 7.14. The lowest BCUT2D eigenvalue weighted by atomic mass is 9.69. The minimum atomic E-state index is -0.745. The predicted octanol–water partition coefficient (Wildman–Crippen LogP) is 2.64. The maximum atomic E-state index is 10.5. The number of rotatable bonds is 5. The number of hydrogen-bond acceptors (Lipinski definition) is 3. The first-order valence-electron chi connectivity index (χ1n) is 7.81. The summed E-state index contributed by atoms with van der Waals surface area (Å²) in [5, 5.41) is 8.66. The average Bonchev–Trinajstić information content (AvgIpc) is 2.42. The van der Waals surface area contributed by atoms with E-state index < -0.39 is 5.97 Å². The Kier molecular flexibility index (Phi) is 4.98. The van der Waals surface area contributed by atoms with Crippen molar-refractivity contribution >= 4 is 18.6 Å². The van der Waals surface area contributed by atoms with E-state index in [2.05, 4.69) is 27.7 Å². The second kappa shape index (κ2) is 6.43. The van der Waals surface area contributed by atoms with Crippen LogP contribution >= 0.6 is 0 Å². The van der Waals surface area contributed by atoms with Crippen LogP contribution in [0.1, 0.15) is 46.1 Å². The van der Waals surface area contributed by atoms with Crippen molar-refractivity contribution in [3.8, 4) is 0 Å². The molecule has 1 aromatic carbocycles. The van der Waals surface area contributed by atoms with Crippen molar-refractivity contribution in [2.75, 3.05) is 6.61 Å². The van der Waals surface area contributed by atoms with Crippen LogP contribution in [-0.2, 0) is 20.5 Å². The minimum Gasteiger partial charge on any atom is -0.481 e. The molecule has 0 radical (unpaired) electrons. The Morgan fingerprint density at radius 1 is 1.23 bits per heavy atom. The monoisotopic (exact) mass is 304 g/mol. The lowest BCUT2D eigenvalue weighted by molar-refractivity contribution is -0.137. The lowest BCUT2D eigenvalue weighted by Crippen LogP contribution is -2.58. The molecule has 2 rings (SSSR count). The molecule has 0 unspecified atom stereocenters. The van der Waals surface area contributed by atoms with E-state index in [4.69, 9.17) is 14.4 Å². The lowest BCUT2D eigenvalue weighted by Gasteiger charge is -2.47. The Balaban J connectivity index is 1.98. The summed E-state index contributed by atoms with van der Waals surface area (Å²) in [7, 11) is -0.337. The molecule has 1 fully saturated rings. The minimum absolute atomic E-state index is 0.0275. The molecule has 120 valence electrons. The van der Waals surface area contributed by atoms with Gasteiger partial charge in [0.1, 0.15) is 0 Å². The second-order valence-electron chi connectivity index (χ2n) is 7.14. The highest BCUT2D eigenvalue weighted by atomic mass is 16.6. The Hall–Kier alpha value is -1.33. The fourth-order valence-corrected chi connectivity index (χ4v) is 2.37. The molecule has 0 atom stereocenters. The Bertz CT molecular complexity index is 522. The highest BCUT2D eigenvalue weighted by molar-refractivity contribution is 6.61. The van der Waals surface area contributed by atoms with Gasteiger partial charge in [-0.2, -0.15) is 0 Å². The molecule has 22 heavy (non-hydrogen) atoms. The smallest absolute Gasteiger partial charge is 0.481 e. The fourth-order valence-electron chi connectivity index (χ4n) is 2.37. The number of benzene rings is 1. The molecule has 0 amide bonds. The molecule has 5 heteroatoms. The number of carbonyl (C=O) groups is 1. The van der Waals surface area contributed by atoms with Crippen molar-refractivity contribution in [3.63, 3.8) is 0 Å². The van der Waals surface area contributed by atoms with Crippen LogP contribution in [0.5, 0.6) is 0 Å². The van der Waals surface area contributed by atoms with E-state index in [1.54, 1.807) is 0 Å². The normalized spacial score (nSPS) is 19.9. The molecule has 0 saturated carbocycles. The van der Waals surface area contributed by atoms with Gasteiger partial charge in [-0.25, -0.2) is 0 Å². The Morgan fingerprint density at radius 3 is 2.41 bits per heavy atom. The van der Waals surface area contributed by atoms with Gasteiger partial charge in [0.15, 0.2) is 0 Å². The van der Waals surface area contributed by atoms with Crippen molar-refractivity contribution in [2.24, 2.45) is 5.41 Å². The molecular weight excluding hydrogens is 279 g/mol. The van der Waals surface area contributed by atoms with Gasteiger partial charge < -0.3 is 14.4 Å². The third-order valence-electron chi connectivity index (χ3n) is 4.74. The molecule has 1 aliphatic rings. The van der Waals surface area contributed by atoms with E-state index >= 15 is 0 Å². The number of hydrogen-bond donors (Lipinski definition) is 1. The molecule has 1 heterocycles. The summed E-state index contributed by atoms with van der Waals surface area (Å²) >= 11 is 0. The van der Waals surface area contributed by atoms with Crippen molar-refractivity contribution < 1.29 is 19.2 Å². The highest BCUT2D eigenvalue weighted by Crippen LogP contribution is 2.37. The highest BCUT2D eigenvalue weighted by Gasteiger charge is 2.46. The van der Waals surface area contributed by atoms with Gasteiger partial charge in [0.2, 0.25) is 0 Å². The third kappa shape index (κ3) is 3.90. The van der Waals surface area contributed by atoms with Gasteiger partial charge in [-0.3, -0.25) is 4.79 Å². The van der Waals surface area contributed by atoms with Crippen LogP contribution in [0.4, 0.5) is 0 Å². The maximum absolute atomic E-state index is 10.5. The molecule has 4 nitrogen and oxygen atoms in total. The van der Waals surface area contributed by atoms with Gasteiger partial charge in [-0.15, -0.1) is 0 Å². The number of aryl methyl sites for hydroxylation is 1. The molecule has 0 aliphatic carbocycles. The molecule has 0 spiro atoms. The van der Waals surface area contributed by atoms with Crippen LogP contribution in [0, 0.1) is 5.41 Å². The first kappa shape index (κ1) is 17.0. The first-order chi connectivity index (χ1) is 10.2. The summed E-state index contributed by atoms with van der Waals surface area (Å²) in [6.45, 7) is 9.15. The summed E-state index contributed by atoms with van der Waals surface area (Å²) in [6, 6.07) is 8.07. The summed E-state index contributed by atoms with van der Waals surface area (Å²) in [6.07, 6.45) is 1.64. The third-order valence-corrected chi connectivity index (χ3v) is 4.74. The molecule has 1 saturated heterocycles. The topological polar surface area (TPSA) is 55.8 Å². The number of aliphatic carboxylic acids is 1. The molecule has 0 aromatic heterocycles. The zero-order valence-corrected chi connectivity index (χ0v) is 13.9. The quantitative estimate of drug-likeness (QED) is 0.850. The van der Waals surface area contributed by atoms with Crippen LogP contribution in [0.15, 0.2) is 24.3 Å². The largest absolute Gasteiger partial charge is 0.494 e.